The highest BCUT2D eigenvalue weighted by molar-refractivity contribution is 8.00. The molecule has 218 valence electrons. The molecule has 42 heavy (non-hydrogen) atoms. The van der Waals surface area contributed by atoms with E-state index in [-0.39, 0.29) is 17.4 Å². The Kier molecular flexibility index (Phi) is 8.38. The maximum absolute atomic E-state index is 13.4. The largest absolute Gasteiger partial charge is 0.483 e. The van der Waals surface area contributed by atoms with Crippen molar-refractivity contribution in [3.63, 3.8) is 0 Å². The van der Waals surface area contributed by atoms with Gasteiger partial charge in [-0.1, -0.05) is 34.7 Å². The number of anilines is 1. The first-order valence-corrected chi connectivity index (χ1v) is 14.6. The van der Waals surface area contributed by atoms with E-state index in [1.54, 1.807) is 19.1 Å². The average Bonchev–Trinajstić information content (AvgIpc) is 3.43. The molecule has 1 fully saturated rings. The quantitative estimate of drug-likeness (QED) is 0.235. The predicted octanol–water partition coefficient (Wildman–Crippen LogP) is 2.96. The van der Waals surface area contributed by atoms with Crippen molar-refractivity contribution in [1.29, 1.82) is 0 Å². The van der Waals surface area contributed by atoms with Gasteiger partial charge in [0.15, 0.2) is 6.61 Å². The van der Waals surface area contributed by atoms with E-state index in [0.717, 1.165) is 23.1 Å². The van der Waals surface area contributed by atoms with Gasteiger partial charge in [-0.25, -0.2) is 4.79 Å². The molecular weight excluding hydrogens is 610 g/mol. The summed E-state index contributed by atoms with van der Waals surface area (Å²) in [4.78, 5) is 78.3. The summed E-state index contributed by atoms with van der Waals surface area (Å²) in [5, 5.41) is 11.6. The molecule has 12 nitrogen and oxygen atoms in total. The van der Waals surface area contributed by atoms with Gasteiger partial charge in [-0.2, -0.15) is 0 Å². The number of rotatable bonds is 9. The number of likely N-dealkylation sites (tertiary alicyclic amines) is 1. The average molecular weight is 632 g/mol. The van der Waals surface area contributed by atoms with Gasteiger partial charge in [0.05, 0.1) is 23.1 Å². The van der Waals surface area contributed by atoms with Crippen LogP contribution in [0.1, 0.15) is 33.6 Å². The zero-order valence-electron chi connectivity index (χ0n) is 21.7. The van der Waals surface area contributed by atoms with E-state index in [1.165, 1.54) is 30.3 Å². The number of carboxylic acids is 1. The van der Waals surface area contributed by atoms with Crippen LogP contribution in [0.15, 0.2) is 52.3 Å². The Hall–Kier alpha value is -4.14. The number of thiazole rings is 1. The molecule has 2 aliphatic heterocycles. The third-order valence-electron chi connectivity index (χ3n) is 6.55. The molecule has 2 aliphatic rings. The minimum atomic E-state index is -1.34. The number of hydrogen-bond donors (Lipinski definition) is 3. The number of carbonyl (C=O) groups excluding carboxylic acids is 4. The minimum absolute atomic E-state index is 0.187. The van der Waals surface area contributed by atoms with Gasteiger partial charge in [0, 0.05) is 27.1 Å². The lowest BCUT2D eigenvalue weighted by Gasteiger charge is -2.31. The highest BCUT2D eigenvalue weighted by atomic mass is 35.5. The predicted molar refractivity (Wildman–Crippen MR) is 152 cm³/mol. The van der Waals surface area contributed by atoms with Crippen LogP contribution in [0.25, 0.3) is 0 Å². The molecule has 3 amide bonds. The highest BCUT2D eigenvalue weighted by Gasteiger charge is 2.56. The van der Waals surface area contributed by atoms with Gasteiger partial charge in [0.25, 0.3) is 5.91 Å². The first-order chi connectivity index (χ1) is 20.1. The smallest absolute Gasteiger partial charge is 0.338 e. The number of nitrogens with one attached hydrogen (secondary N) is 2. The van der Waals surface area contributed by atoms with Crippen molar-refractivity contribution >= 4 is 70.0 Å². The Morgan fingerprint density at radius 1 is 1.10 bits per heavy atom. The van der Waals surface area contributed by atoms with E-state index in [1.807, 2.05) is 0 Å². The van der Waals surface area contributed by atoms with Crippen LogP contribution in [0.2, 0.25) is 5.02 Å². The number of thioether (sulfide) groups is 1. The third-order valence-corrected chi connectivity index (χ3v) is 9.19. The number of benzene rings is 2. The van der Waals surface area contributed by atoms with E-state index in [0.29, 0.717) is 31.6 Å². The van der Waals surface area contributed by atoms with E-state index < -0.39 is 64.8 Å². The molecule has 2 unspecified atom stereocenters. The van der Waals surface area contributed by atoms with Crippen molar-refractivity contribution in [1.82, 2.24) is 9.88 Å². The van der Waals surface area contributed by atoms with Crippen LogP contribution >= 0.6 is 34.7 Å². The second-order valence-corrected chi connectivity index (χ2v) is 11.8. The van der Waals surface area contributed by atoms with Crippen molar-refractivity contribution in [2.45, 2.75) is 23.1 Å². The Bertz CT molecular complexity index is 1650. The third kappa shape index (κ3) is 5.78. The van der Waals surface area contributed by atoms with Crippen LogP contribution in [0.3, 0.4) is 0 Å². The zero-order chi connectivity index (χ0) is 30.1. The van der Waals surface area contributed by atoms with Gasteiger partial charge in [0.1, 0.15) is 17.5 Å². The van der Waals surface area contributed by atoms with Crippen LogP contribution < -0.4 is 14.9 Å². The number of fused-ring (bicyclic) bond motifs is 2. The standard InChI is InChI=1S/C27H22ClN3O9S2/c1-2-39-26(37)12-3-6-14(7-4-12)29-17(32)11-40-16-8-5-13(28)9-15(16)19-20-22(41-23-21(19)42-27(38)30-23)25(36)31(24(20)35)10-18(33)34/h3-9,19-20,22H,2,10-11H2,1H3,(H,29,32)(H,30,38)(H,33,34)/t19-,20?,22?/m1/s1. The first-order valence-electron chi connectivity index (χ1n) is 12.5. The lowest BCUT2D eigenvalue weighted by atomic mass is 9.82. The fourth-order valence-corrected chi connectivity index (χ4v) is 7.55. The first kappa shape index (κ1) is 29.4. The Labute approximate surface area is 250 Å². The molecule has 1 saturated heterocycles. The minimum Gasteiger partial charge on any atom is -0.483 e. The summed E-state index contributed by atoms with van der Waals surface area (Å²) in [6.07, 6.45) is 0. The summed E-state index contributed by atoms with van der Waals surface area (Å²) in [6.45, 7) is 0.694. The number of imide groups is 1. The van der Waals surface area contributed by atoms with Crippen LogP contribution in [-0.2, 0) is 23.9 Å². The monoisotopic (exact) mass is 631 g/mol. The second-order valence-electron chi connectivity index (χ2n) is 9.22. The van der Waals surface area contributed by atoms with Crippen LogP contribution in [0, 0.1) is 5.92 Å². The molecule has 0 aliphatic carbocycles. The van der Waals surface area contributed by atoms with Crippen molar-refractivity contribution < 1.29 is 38.6 Å². The van der Waals surface area contributed by atoms with Gasteiger partial charge >= 0.3 is 16.8 Å². The van der Waals surface area contributed by atoms with Gasteiger partial charge in [0.2, 0.25) is 11.8 Å². The molecule has 3 aromatic rings. The number of aliphatic carboxylic acids is 1. The molecule has 0 saturated carbocycles. The van der Waals surface area contributed by atoms with Crippen LogP contribution in [0.5, 0.6) is 5.75 Å². The number of carboxylic acid groups (broad SMARTS) is 1. The van der Waals surface area contributed by atoms with E-state index in [9.17, 15) is 33.9 Å². The number of halogens is 1. The molecule has 0 spiro atoms. The van der Waals surface area contributed by atoms with Crippen molar-refractivity contribution in [2.24, 2.45) is 5.92 Å². The molecule has 3 heterocycles. The van der Waals surface area contributed by atoms with Gasteiger partial charge < -0.3 is 24.9 Å². The lowest BCUT2D eigenvalue weighted by Crippen LogP contribution is -2.36. The summed E-state index contributed by atoms with van der Waals surface area (Å²) in [7, 11) is 0. The second kappa shape index (κ2) is 12.0. The molecule has 0 bridgehead atoms. The molecule has 3 N–H and O–H groups in total. The van der Waals surface area contributed by atoms with Gasteiger partial charge in [-0.15, -0.1) is 0 Å². The van der Waals surface area contributed by atoms with E-state index in [2.05, 4.69) is 10.3 Å². The van der Waals surface area contributed by atoms with Crippen molar-refractivity contribution in [2.75, 3.05) is 25.1 Å². The highest BCUT2D eigenvalue weighted by Crippen LogP contribution is 2.54. The molecule has 5 rings (SSSR count). The molecule has 1 aromatic heterocycles. The zero-order valence-corrected chi connectivity index (χ0v) is 24.1. The number of carbonyl (C=O) groups is 5. The number of esters is 1. The van der Waals surface area contributed by atoms with Crippen LogP contribution in [0.4, 0.5) is 5.69 Å². The fraction of sp³-hybridized carbons (Fsp3) is 0.259. The summed E-state index contributed by atoms with van der Waals surface area (Å²) in [5.41, 5.74) is 1.10. The fourth-order valence-electron chi connectivity index (χ4n) is 4.84. The summed E-state index contributed by atoms with van der Waals surface area (Å²) >= 11 is 8.19. The topological polar surface area (TPSA) is 172 Å². The number of H-pyrrole nitrogens is 1. The molecular formula is C27H22ClN3O9S2. The number of hydrogen-bond acceptors (Lipinski definition) is 10. The van der Waals surface area contributed by atoms with Crippen molar-refractivity contribution in [3.05, 3.63) is 73.2 Å². The number of aromatic nitrogens is 1. The summed E-state index contributed by atoms with van der Waals surface area (Å²) < 4.78 is 10.8. The van der Waals surface area contributed by atoms with E-state index >= 15 is 0 Å². The SMILES string of the molecule is CCOC(=O)c1ccc(NC(=O)COc2ccc(Cl)cc2[C@H]2c3sc(=O)[nH]c3SC3C(=O)N(CC(=O)O)C(=O)C32)cc1. The summed E-state index contributed by atoms with van der Waals surface area (Å²) in [6, 6.07) is 10.7. The molecule has 0 radical (unpaired) electrons. The van der Waals surface area contributed by atoms with Crippen molar-refractivity contribution in [3.8, 4) is 5.75 Å². The Morgan fingerprint density at radius 3 is 2.52 bits per heavy atom. The number of ether oxygens (including phenoxy) is 2. The van der Waals surface area contributed by atoms with E-state index in [4.69, 9.17) is 21.1 Å². The Balaban J connectivity index is 1.41. The maximum atomic E-state index is 13.4. The molecule has 3 atom stereocenters. The normalized spacial score (nSPS) is 19.2. The number of nitrogens with zero attached hydrogens (tertiary/aromatic N) is 1. The number of aromatic amines is 1. The molecule has 2 aromatic carbocycles. The van der Waals surface area contributed by atoms with Gasteiger partial charge in [-0.05, 0) is 49.4 Å². The molecule has 15 heteroatoms. The maximum Gasteiger partial charge on any atom is 0.338 e. The van der Waals surface area contributed by atoms with Gasteiger partial charge in [-0.3, -0.25) is 28.9 Å². The Morgan fingerprint density at radius 2 is 1.83 bits per heavy atom. The summed E-state index contributed by atoms with van der Waals surface area (Å²) in [5.74, 6) is -5.43. The lowest BCUT2D eigenvalue weighted by molar-refractivity contribution is -0.149. The number of amides is 3. The van der Waals surface area contributed by atoms with Crippen LogP contribution in [-0.4, -0.2) is 69.7 Å².